The minimum atomic E-state index is -1.31. The van der Waals surface area contributed by atoms with E-state index in [1.807, 2.05) is 30.3 Å². The van der Waals surface area contributed by atoms with Crippen LogP contribution in [0.25, 0.3) is 0 Å². The van der Waals surface area contributed by atoms with Crippen LogP contribution in [-0.2, 0) is 15.9 Å². The number of aliphatic hydroxyl groups excluding tert-OH is 1. The molecule has 0 saturated carbocycles. The zero-order valence-corrected chi connectivity index (χ0v) is 12.6. The minimum Gasteiger partial charge on any atom is -0.444 e. The van der Waals surface area contributed by atoms with Crippen LogP contribution in [0.3, 0.4) is 0 Å². The molecule has 1 aromatic carbocycles. The van der Waals surface area contributed by atoms with E-state index in [0.29, 0.717) is 19.6 Å². The highest BCUT2D eigenvalue weighted by Crippen LogP contribution is 2.10. The molecule has 0 radical (unpaired) electrons. The molecule has 2 N–H and O–H groups in total. The topological polar surface area (TPSA) is 111 Å². The molecule has 8 heteroatoms. The van der Waals surface area contributed by atoms with Gasteiger partial charge in [-0.15, -0.1) is 0 Å². The van der Waals surface area contributed by atoms with Crippen molar-refractivity contribution in [3.63, 3.8) is 0 Å². The van der Waals surface area contributed by atoms with Crippen molar-refractivity contribution >= 4 is 6.09 Å². The number of ether oxygens (including phenoxy) is 2. The lowest BCUT2D eigenvalue weighted by Gasteiger charge is -2.22. The highest BCUT2D eigenvalue weighted by atomic mass is 16.6. The van der Waals surface area contributed by atoms with E-state index in [0.717, 1.165) is 5.56 Å². The number of hydrogen-bond acceptors (Lipinski definition) is 6. The maximum Gasteiger partial charge on any atom is 0.407 e. The summed E-state index contributed by atoms with van der Waals surface area (Å²) in [6.07, 6.45) is -1.44. The number of rotatable bonds is 7. The number of nitro groups is 1. The molecule has 0 unspecified atom stereocenters. The number of carbonyl (C=O) groups excluding carboxylic acids is 1. The monoisotopic (exact) mass is 324 g/mol. The van der Waals surface area contributed by atoms with Gasteiger partial charge in [0.1, 0.15) is 12.2 Å². The number of alkyl carbamates (subject to hydrolysis) is 1. The Balaban J connectivity index is 1.96. The van der Waals surface area contributed by atoms with E-state index in [1.165, 1.54) is 0 Å². The number of aliphatic hydroxyl groups is 1. The summed E-state index contributed by atoms with van der Waals surface area (Å²) in [4.78, 5) is 21.9. The van der Waals surface area contributed by atoms with Gasteiger partial charge in [0.05, 0.1) is 19.3 Å². The molecule has 1 aliphatic heterocycles. The normalized spacial score (nSPS) is 19.8. The maximum absolute atomic E-state index is 11.9. The molecule has 1 aliphatic rings. The van der Waals surface area contributed by atoms with Gasteiger partial charge in [-0.25, -0.2) is 4.79 Å². The quantitative estimate of drug-likeness (QED) is 0.565. The second-order valence-corrected chi connectivity index (χ2v) is 5.41. The summed E-state index contributed by atoms with van der Waals surface area (Å²) in [5.41, 5.74) is 0.851. The minimum absolute atomic E-state index is 0.270. The molecular weight excluding hydrogens is 304 g/mol. The zero-order valence-electron chi connectivity index (χ0n) is 12.6. The van der Waals surface area contributed by atoms with Crippen LogP contribution in [0.5, 0.6) is 0 Å². The van der Waals surface area contributed by atoms with Crippen molar-refractivity contribution < 1.29 is 24.3 Å². The first kappa shape index (κ1) is 17.2. The molecule has 23 heavy (non-hydrogen) atoms. The molecule has 0 aromatic heterocycles. The zero-order chi connectivity index (χ0) is 16.7. The molecule has 0 bridgehead atoms. The smallest absolute Gasteiger partial charge is 0.407 e. The fraction of sp³-hybridized carbons (Fsp3) is 0.533. The second kappa shape index (κ2) is 8.44. The first-order chi connectivity index (χ1) is 11.0. The second-order valence-electron chi connectivity index (χ2n) is 5.41. The molecule has 1 amide bonds. The molecule has 1 saturated heterocycles. The van der Waals surface area contributed by atoms with Crippen LogP contribution in [0.2, 0.25) is 0 Å². The Morgan fingerprint density at radius 1 is 1.48 bits per heavy atom. The van der Waals surface area contributed by atoms with Gasteiger partial charge in [0.25, 0.3) is 0 Å². The summed E-state index contributed by atoms with van der Waals surface area (Å²) in [6, 6.07) is 8.32. The van der Waals surface area contributed by atoms with E-state index in [-0.39, 0.29) is 12.5 Å². The van der Waals surface area contributed by atoms with Crippen LogP contribution in [0.4, 0.5) is 4.79 Å². The average molecular weight is 324 g/mol. The van der Waals surface area contributed by atoms with Gasteiger partial charge in [-0.05, 0) is 12.0 Å². The van der Waals surface area contributed by atoms with Crippen LogP contribution in [0.15, 0.2) is 30.3 Å². The fourth-order valence-electron chi connectivity index (χ4n) is 2.37. The number of benzene rings is 1. The van der Waals surface area contributed by atoms with E-state index in [1.54, 1.807) is 0 Å². The molecular formula is C15H20N2O6. The molecule has 1 fully saturated rings. The van der Waals surface area contributed by atoms with Gasteiger partial charge in [0, 0.05) is 11.3 Å². The number of carbonyl (C=O) groups is 1. The van der Waals surface area contributed by atoms with Crippen molar-refractivity contribution in [1.82, 2.24) is 5.32 Å². The van der Waals surface area contributed by atoms with E-state index in [4.69, 9.17) is 9.47 Å². The van der Waals surface area contributed by atoms with Crippen LogP contribution in [0, 0.1) is 10.1 Å². The first-order valence-corrected chi connectivity index (χ1v) is 7.43. The third-order valence-corrected chi connectivity index (χ3v) is 3.56. The standard InChI is InChI=1S/C15H20N2O6/c18-14(9-17(20)21)13(8-11-4-2-1-3-5-11)16-15(19)23-12-6-7-22-10-12/h1-5,12-14,18H,6-10H2,(H,16,19)/t12-,13-,14+/m0/s1. The maximum atomic E-state index is 11.9. The third kappa shape index (κ3) is 5.84. The molecule has 1 aromatic rings. The lowest BCUT2D eigenvalue weighted by atomic mass is 10.0. The van der Waals surface area contributed by atoms with Crippen molar-refractivity contribution in [1.29, 1.82) is 0 Å². The average Bonchev–Trinajstić information content (AvgIpc) is 2.99. The number of nitrogens with zero attached hydrogens (tertiary/aromatic N) is 1. The molecule has 1 heterocycles. The van der Waals surface area contributed by atoms with Crippen molar-refractivity contribution in [2.45, 2.75) is 31.1 Å². The van der Waals surface area contributed by atoms with Gasteiger partial charge in [0.15, 0.2) is 0 Å². The highest BCUT2D eigenvalue weighted by Gasteiger charge is 2.28. The van der Waals surface area contributed by atoms with Crippen molar-refractivity contribution in [3.8, 4) is 0 Å². The predicted molar refractivity (Wildman–Crippen MR) is 80.6 cm³/mol. The van der Waals surface area contributed by atoms with Gasteiger partial charge in [-0.2, -0.15) is 0 Å². The van der Waals surface area contributed by atoms with Crippen LogP contribution in [0.1, 0.15) is 12.0 Å². The van der Waals surface area contributed by atoms with E-state index < -0.39 is 29.7 Å². The molecule has 2 rings (SSSR count). The Morgan fingerprint density at radius 3 is 2.83 bits per heavy atom. The molecule has 3 atom stereocenters. The molecule has 126 valence electrons. The number of nitrogens with one attached hydrogen (secondary N) is 1. The Hall–Kier alpha value is -2.19. The van der Waals surface area contributed by atoms with Crippen LogP contribution in [-0.4, -0.2) is 54.1 Å². The molecule has 8 nitrogen and oxygen atoms in total. The third-order valence-electron chi connectivity index (χ3n) is 3.56. The van der Waals surface area contributed by atoms with E-state index in [2.05, 4.69) is 5.32 Å². The van der Waals surface area contributed by atoms with Gasteiger partial charge in [0.2, 0.25) is 6.54 Å². The fourth-order valence-corrected chi connectivity index (χ4v) is 2.37. The van der Waals surface area contributed by atoms with E-state index in [9.17, 15) is 20.0 Å². The Bertz CT molecular complexity index is 518. The summed E-state index contributed by atoms with van der Waals surface area (Å²) >= 11 is 0. The summed E-state index contributed by atoms with van der Waals surface area (Å²) in [5.74, 6) is 0. The Labute approximate surface area is 133 Å². The van der Waals surface area contributed by atoms with Gasteiger partial charge < -0.3 is 19.9 Å². The van der Waals surface area contributed by atoms with Gasteiger partial charge >= 0.3 is 6.09 Å². The number of amides is 1. The Kier molecular flexibility index (Phi) is 6.30. The van der Waals surface area contributed by atoms with Crippen LogP contribution < -0.4 is 5.32 Å². The molecule has 0 spiro atoms. The largest absolute Gasteiger partial charge is 0.444 e. The van der Waals surface area contributed by atoms with Gasteiger partial charge in [-0.1, -0.05) is 30.3 Å². The highest BCUT2D eigenvalue weighted by molar-refractivity contribution is 5.68. The molecule has 0 aliphatic carbocycles. The van der Waals surface area contributed by atoms with Gasteiger partial charge in [-0.3, -0.25) is 10.1 Å². The van der Waals surface area contributed by atoms with Crippen molar-refractivity contribution in [3.05, 3.63) is 46.0 Å². The lowest BCUT2D eigenvalue weighted by molar-refractivity contribution is -0.491. The lowest BCUT2D eigenvalue weighted by Crippen LogP contribution is -2.48. The first-order valence-electron chi connectivity index (χ1n) is 7.43. The summed E-state index contributed by atoms with van der Waals surface area (Å²) in [6.45, 7) is 0.230. The summed E-state index contributed by atoms with van der Waals surface area (Å²) in [5, 5.41) is 23.2. The van der Waals surface area contributed by atoms with Crippen molar-refractivity contribution in [2.75, 3.05) is 19.8 Å². The Morgan fingerprint density at radius 2 is 2.22 bits per heavy atom. The SMILES string of the molecule is O=C(N[C@@H](Cc1ccccc1)[C@H](O)C[N+](=O)[O-])O[C@H]1CCOC1. The van der Waals surface area contributed by atoms with Crippen LogP contribution >= 0.6 is 0 Å². The van der Waals surface area contributed by atoms with E-state index >= 15 is 0 Å². The number of hydrogen-bond donors (Lipinski definition) is 2. The summed E-state index contributed by atoms with van der Waals surface area (Å²) in [7, 11) is 0. The van der Waals surface area contributed by atoms with Crippen molar-refractivity contribution in [2.24, 2.45) is 0 Å². The predicted octanol–water partition coefficient (Wildman–Crippen LogP) is 0.750. The summed E-state index contributed by atoms with van der Waals surface area (Å²) < 4.78 is 10.3.